The van der Waals surface area contributed by atoms with Gasteiger partial charge in [-0.05, 0) is 73.1 Å². The van der Waals surface area contributed by atoms with Crippen LogP contribution in [0, 0.1) is 0 Å². The van der Waals surface area contributed by atoms with Gasteiger partial charge in [0.1, 0.15) is 5.57 Å². The summed E-state index contributed by atoms with van der Waals surface area (Å²) in [7, 11) is 0. The second-order valence-electron chi connectivity index (χ2n) is 6.72. The van der Waals surface area contributed by atoms with Crippen molar-refractivity contribution >= 4 is 62.5 Å². The Hall–Kier alpha value is -2.51. The Balaban J connectivity index is 1.62. The lowest BCUT2D eigenvalue weighted by atomic mass is 10.1. The molecule has 2 heterocycles. The molecule has 0 aliphatic carbocycles. The van der Waals surface area contributed by atoms with Gasteiger partial charge in [0.05, 0.1) is 5.69 Å². The van der Waals surface area contributed by atoms with Gasteiger partial charge in [-0.1, -0.05) is 28.1 Å². The van der Waals surface area contributed by atoms with Crippen LogP contribution < -0.4 is 15.1 Å². The molecule has 0 atom stereocenters. The highest BCUT2D eigenvalue weighted by Crippen LogP contribution is 2.25. The number of halogens is 1. The van der Waals surface area contributed by atoms with E-state index in [9.17, 15) is 9.59 Å². The summed E-state index contributed by atoms with van der Waals surface area (Å²) in [4.78, 5) is 29.1. The number of benzene rings is 2. The molecule has 142 valence electrons. The molecule has 28 heavy (non-hydrogen) atoms. The number of amides is 2. The maximum atomic E-state index is 13.0. The first-order valence-corrected chi connectivity index (χ1v) is 10.2. The average molecular weight is 456 g/mol. The van der Waals surface area contributed by atoms with Crippen molar-refractivity contribution in [2.45, 2.75) is 12.8 Å². The van der Waals surface area contributed by atoms with Crippen LogP contribution in [-0.2, 0) is 9.59 Å². The van der Waals surface area contributed by atoms with Crippen molar-refractivity contribution in [2.75, 3.05) is 22.9 Å². The van der Waals surface area contributed by atoms with Crippen LogP contribution in [0.4, 0.5) is 11.4 Å². The third kappa shape index (κ3) is 3.72. The van der Waals surface area contributed by atoms with E-state index in [-0.39, 0.29) is 10.7 Å². The predicted molar refractivity (Wildman–Crippen MR) is 118 cm³/mol. The number of hydrogen-bond donors (Lipinski definition) is 1. The van der Waals surface area contributed by atoms with Gasteiger partial charge in [-0.15, -0.1) is 0 Å². The lowest BCUT2D eigenvalue weighted by molar-refractivity contribution is -0.122. The van der Waals surface area contributed by atoms with Crippen molar-refractivity contribution < 1.29 is 9.59 Å². The van der Waals surface area contributed by atoms with Gasteiger partial charge in [0.25, 0.3) is 11.8 Å². The second kappa shape index (κ2) is 7.85. The van der Waals surface area contributed by atoms with Gasteiger partial charge in [-0.2, -0.15) is 0 Å². The molecule has 0 radical (unpaired) electrons. The minimum atomic E-state index is -0.480. The zero-order valence-corrected chi connectivity index (χ0v) is 17.4. The summed E-state index contributed by atoms with van der Waals surface area (Å²) in [5.41, 5.74) is 2.63. The molecule has 0 bridgehead atoms. The molecule has 5 nitrogen and oxygen atoms in total. The van der Waals surface area contributed by atoms with Crippen LogP contribution in [0.5, 0.6) is 0 Å². The number of carbonyl (C=O) groups is 2. The molecule has 2 aromatic rings. The fourth-order valence-electron chi connectivity index (χ4n) is 3.41. The predicted octanol–water partition coefficient (Wildman–Crippen LogP) is 3.88. The zero-order valence-electron chi connectivity index (χ0n) is 15.0. The number of nitrogens with zero attached hydrogens (tertiary/aromatic N) is 2. The van der Waals surface area contributed by atoms with E-state index in [1.807, 2.05) is 36.4 Å². The molecule has 0 spiro atoms. The Bertz CT molecular complexity index is 964. The normalized spacial score (nSPS) is 18.8. The summed E-state index contributed by atoms with van der Waals surface area (Å²) in [5.74, 6) is -0.910. The molecule has 2 aliphatic heterocycles. The van der Waals surface area contributed by atoms with E-state index < -0.39 is 11.8 Å². The summed E-state index contributed by atoms with van der Waals surface area (Å²) in [6.07, 6.45) is 4.04. The SMILES string of the molecule is O=C1NC(=S)N(c2ccc(Br)cc2)C(=O)/C1=C/c1ccc(N2CCCC2)cc1. The molecule has 2 saturated heterocycles. The van der Waals surface area contributed by atoms with Crippen molar-refractivity contribution in [2.24, 2.45) is 0 Å². The van der Waals surface area contributed by atoms with E-state index in [1.165, 1.54) is 17.7 Å². The van der Waals surface area contributed by atoms with Gasteiger partial charge in [0.2, 0.25) is 0 Å². The molecule has 2 aromatic carbocycles. The van der Waals surface area contributed by atoms with Gasteiger partial charge >= 0.3 is 0 Å². The number of hydrogen-bond acceptors (Lipinski definition) is 4. The van der Waals surface area contributed by atoms with E-state index in [0.717, 1.165) is 28.8 Å². The van der Waals surface area contributed by atoms with Crippen molar-refractivity contribution in [1.29, 1.82) is 0 Å². The standard InChI is InChI=1S/C21H18BrN3O2S/c22-15-5-9-17(10-6-15)25-20(27)18(19(26)23-21(25)28)13-14-3-7-16(8-4-14)24-11-1-2-12-24/h3-10,13H,1-2,11-12H2,(H,23,26,28)/b18-13+. The third-order valence-electron chi connectivity index (χ3n) is 4.86. The van der Waals surface area contributed by atoms with Gasteiger partial charge in [-0.25, -0.2) is 0 Å². The Kier molecular flexibility index (Phi) is 5.28. The summed E-state index contributed by atoms with van der Waals surface area (Å²) >= 11 is 8.60. The highest BCUT2D eigenvalue weighted by Gasteiger charge is 2.34. The molecule has 2 fully saturated rings. The minimum Gasteiger partial charge on any atom is -0.372 e. The quantitative estimate of drug-likeness (QED) is 0.433. The van der Waals surface area contributed by atoms with Gasteiger partial charge < -0.3 is 4.90 Å². The maximum absolute atomic E-state index is 13.0. The number of nitrogens with one attached hydrogen (secondary N) is 1. The summed E-state index contributed by atoms with van der Waals surface area (Å²) in [6, 6.07) is 15.1. The molecule has 2 amide bonds. The van der Waals surface area contributed by atoms with Crippen LogP contribution in [0.25, 0.3) is 6.08 Å². The van der Waals surface area contributed by atoms with Crippen molar-refractivity contribution in [1.82, 2.24) is 5.32 Å². The largest absolute Gasteiger partial charge is 0.372 e. The molecule has 0 aromatic heterocycles. The van der Waals surface area contributed by atoms with Crippen LogP contribution in [0.3, 0.4) is 0 Å². The molecule has 7 heteroatoms. The molecule has 2 aliphatic rings. The Morgan fingerprint density at radius 3 is 2.18 bits per heavy atom. The van der Waals surface area contributed by atoms with Gasteiger partial charge in [0.15, 0.2) is 5.11 Å². The summed E-state index contributed by atoms with van der Waals surface area (Å²) < 4.78 is 0.893. The molecule has 4 rings (SSSR count). The Morgan fingerprint density at radius 2 is 1.54 bits per heavy atom. The lowest BCUT2D eigenvalue weighted by Gasteiger charge is -2.29. The molecular formula is C21H18BrN3O2S. The van der Waals surface area contributed by atoms with Crippen molar-refractivity contribution in [3.05, 3.63) is 64.1 Å². The number of carbonyl (C=O) groups excluding carboxylic acids is 2. The van der Waals surface area contributed by atoms with Crippen molar-refractivity contribution in [3.63, 3.8) is 0 Å². The smallest absolute Gasteiger partial charge is 0.270 e. The summed E-state index contributed by atoms with van der Waals surface area (Å²) in [5, 5.41) is 2.69. The minimum absolute atomic E-state index is 0.0606. The first kappa shape index (κ1) is 18.8. The molecule has 1 N–H and O–H groups in total. The Morgan fingerprint density at radius 1 is 0.929 bits per heavy atom. The van der Waals surface area contributed by atoms with Crippen LogP contribution in [-0.4, -0.2) is 30.0 Å². The van der Waals surface area contributed by atoms with E-state index in [0.29, 0.717) is 5.69 Å². The molecule has 0 unspecified atom stereocenters. The topological polar surface area (TPSA) is 52.7 Å². The van der Waals surface area contributed by atoms with Crippen LogP contribution in [0.15, 0.2) is 58.6 Å². The average Bonchev–Trinajstić information content (AvgIpc) is 3.22. The fraction of sp³-hybridized carbons (Fsp3) is 0.190. The highest BCUT2D eigenvalue weighted by molar-refractivity contribution is 9.10. The summed E-state index contributed by atoms with van der Waals surface area (Å²) in [6.45, 7) is 2.14. The third-order valence-corrected chi connectivity index (χ3v) is 5.68. The maximum Gasteiger partial charge on any atom is 0.270 e. The molecule has 0 saturated carbocycles. The van der Waals surface area contributed by atoms with Crippen LogP contribution in [0.1, 0.15) is 18.4 Å². The van der Waals surface area contributed by atoms with E-state index >= 15 is 0 Å². The van der Waals surface area contributed by atoms with Crippen molar-refractivity contribution in [3.8, 4) is 0 Å². The van der Waals surface area contributed by atoms with Crippen LogP contribution >= 0.6 is 28.1 Å². The number of thiocarbonyl (C=S) groups is 1. The number of rotatable bonds is 3. The number of anilines is 2. The first-order valence-electron chi connectivity index (χ1n) is 9.05. The van der Waals surface area contributed by atoms with E-state index in [2.05, 4.69) is 26.1 Å². The molecular weight excluding hydrogens is 438 g/mol. The zero-order chi connectivity index (χ0) is 19.7. The first-order chi connectivity index (χ1) is 13.5. The van der Waals surface area contributed by atoms with Gasteiger partial charge in [-0.3, -0.25) is 19.8 Å². The highest BCUT2D eigenvalue weighted by atomic mass is 79.9. The second-order valence-corrected chi connectivity index (χ2v) is 8.02. The Labute approximate surface area is 177 Å². The fourth-order valence-corrected chi connectivity index (χ4v) is 3.95. The van der Waals surface area contributed by atoms with Gasteiger partial charge in [0, 0.05) is 23.2 Å². The van der Waals surface area contributed by atoms with Crippen LogP contribution in [0.2, 0.25) is 0 Å². The van der Waals surface area contributed by atoms with E-state index in [4.69, 9.17) is 12.2 Å². The monoisotopic (exact) mass is 455 g/mol. The lowest BCUT2D eigenvalue weighted by Crippen LogP contribution is -2.54. The van der Waals surface area contributed by atoms with E-state index in [1.54, 1.807) is 18.2 Å².